The van der Waals surface area contributed by atoms with Crippen LogP contribution in [0, 0.1) is 3.57 Å². The quantitative estimate of drug-likeness (QED) is 0.844. The SMILES string of the molecule is COCc1cc2c(cc1I)CCNCC2. The average Bonchev–Trinajstić information content (AvgIpc) is 2.44. The Hall–Kier alpha value is -0.130. The van der Waals surface area contributed by atoms with Gasteiger partial charge in [-0.25, -0.2) is 0 Å². The maximum atomic E-state index is 5.21. The smallest absolute Gasteiger partial charge is 0.0723 e. The van der Waals surface area contributed by atoms with Crippen LogP contribution in [-0.2, 0) is 24.2 Å². The summed E-state index contributed by atoms with van der Waals surface area (Å²) in [5, 5.41) is 3.43. The Kier molecular flexibility index (Phi) is 3.99. The standard InChI is InChI=1S/C12H16INO/c1-15-8-11-6-9-2-4-14-5-3-10(9)7-12(11)13/h6-7,14H,2-5,8H2,1H3. The number of methoxy groups -OCH3 is 1. The first-order valence-electron chi connectivity index (χ1n) is 5.31. The highest BCUT2D eigenvalue weighted by atomic mass is 127. The molecule has 0 aromatic heterocycles. The molecule has 15 heavy (non-hydrogen) atoms. The van der Waals surface area contributed by atoms with Crippen LogP contribution < -0.4 is 5.32 Å². The Morgan fingerprint density at radius 1 is 1.27 bits per heavy atom. The van der Waals surface area contributed by atoms with E-state index in [1.807, 2.05) is 0 Å². The van der Waals surface area contributed by atoms with Crippen LogP contribution in [0.15, 0.2) is 12.1 Å². The molecule has 0 spiro atoms. The predicted molar refractivity (Wildman–Crippen MR) is 70.1 cm³/mol. The molecule has 1 aliphatic rings. The molecule has 1 aromatic carbocycles. The third kappa shape index (κ3) is 2.71. The van der Waals surface area contributed by atoms with E-state index in [1.165, 1.54) is 20.3 Å². The minimum atomic E-state index is 0.721. The van der Waals surface area contributed by atoms with Crippen LogP contribution in [0.3, 0.4) is 0 Å². The molecule has 0 amide bonds. The maximum Gasteiger partial charge on any atom is 0.0723 e. The lowest BCUT2D eigenvalue weighted by Crippen LogP contribution is -2.16. The summed E-state index contributed by atoms with van der Waals surface area (Å²) in [6.07, 6.45) is 2.29. The second-order valence-corrected chi connectivity index (χ2v) is 5.06. The van der Waals surface area contributed by atoms with E-state index in [2.05, 4.69) is 40.0 Å². The zero-order valence-electron chi connectivity index (χ0n) is 8.98. The van der Waals surface area contributed by atoms with E-state index >= 15 is 0 Å². The molecule has 0 bridgehead atoms. The van der Waals surface area contributed by atoms with Crippen LogP contribution in [0.2, 0.25) is 0 Å². The van der Waals surface area contributed by atoms with E-state index in [0.717, 1.165) is 32.5 Å². The van der Waals surface area contributed by atoms with Crippen LogP contribution in [0.25, 0.3) is 0 Å². The van der Waals surface area contributed by atoms with Crippen molar-refractivity contribution >= 4 is 22.6 Å². The van der Waals surface area contributed by atoms with Crippen LogP contribution in [0.5, 0.6) is 0 Å². The van der Waals surface area contributed by atoms with E-state index in [-0.39, 0.29) is 0 Å². The lowest BCUT2D eigenvalue weighted by molar-refractivity contribution is 0.184. The van der Waals surface area contributed by atoms with Crippen molar-refractivity contribution in [1.29, 1.82) is 0 Å². The monoisotopic (exact) mass is 317 g/mol. The summed E-state index contributed by atoms with van der Waals surface area (Å²) in [6.45, 7) is 2.92. The molecule has 1 aromatic rings. The largest absolute Gasteiger partial charge is 0.380 e. The normalized spacial score (nSPS) is 15.9. The average molecular weight is 317 g/mol. The zero-order valence-corrected chi connectivity index (χ0v) is 11.1. The van der Waals surface area contributed by atoms with Crippen molar-refractivity contribution in [3.05, 3.63) is 32.4 Å². The van der Waals surface area contributed by atoms with Gasteiger partial charge in [-0.15, -0.1) is 0 Å². The van der Waals surface area contributed by atoms with Crippen LogP contribution in [0.1, 0.15) is 16.7 Å². The molecule has 0 aliphatic carbocycles. The Labute approximate surface area is 105 Å². The Morgan fingerprint density at radius 2 is 1.93 bits per heavy atom. The lowest BCUT2D eigenvalue weighted by Gasteiger charge is -2.10. The molecule has 2 rings (SSSR count). The molecule has 3 heteroatoms. The summed E-state index contributed by atoms with van der Waals surface area (Å²) in [5.74, 6) is 0. The minimum absolute atomic E-state index is 0.721. The Bertz CT molecular complexity index is 352. The summed E-state index contributed by atoms with van der Waals surface area (Å²) in [4.78, 5) is 0. The number of hydrogen-bond donors (Lipinski definition) is 1. The molecule has 0 unspecified atom stereocenters. The summed E-state index contributed by atoms with van der Waals surface area (Å²) >= 11 is 2.40. The highest BCUT2D eigenvalue weighted by molar-refractivity contribution is 14.1. The number of hydrogen-bond acceptors (Lipinski definition) is 2. The van der Waals surface area contributed by atoms with Crippen molar-refractivity contribution in [2.24, 2.45) is 0 Å². The summed E-state index contributed by atoms with van der Waals surface area (Å²) in [7, 11) is 1.75. The van der Waals surface area contributed by atoms with Crippen LogP contribution in [0.4, 0.5) is 0 Å². The van der Waals surface area contributed by atoms with Crippen molar-refractivity contribution in [2.45, 2.75) is 19.4 Å². The fraction of sp³-hybridized carbons (Fsp3) is 0.500. The molecular formula is C12H16INO. The number of rotatable bonds is 2. The van der Waals surface area contributed by atoms with E-state index < -0.39 is 0 Å². The first-order valence-corrected chi connectivity index (χ1v) is 6.39. The topological polar surface area (TPSA) is 21.3 Å². The molecule has 0 saturated heterocycles. The lowest BCUT2D eigenvalue weighted by atomic mass is 10.0. The molecule has 1 aliphatic heterocycles. The Morgan fingerprint density at radius 3 is 2.60 bits per heavy atom. The molecule has 2 nitrogen and oxygen atoms in total. The summed E-state index contributed by atoms with van der Waals surface area (Å²) < 4.78 is 6.54. The fourth-order valence-corrected chi connectivity index (χ4v) is 2.70. The highest BCUT2D eigenvalue weighted by Gasteiger charge is 2.10. The molecule has 0 fully saturated rings. The van der Waals surface area contributed by atoms with Crippen molar-refractivity contribution in [3.8, 4) is 0 Å². The van der Waals surface area contributed by atoms with Gasteiger partial charge in [-0.2, -0.15) is 0 Å². The van der Waals surface area contributed by atoms with Crippen molar-refractivity contribution in [1.82, 2.24) is 5.32 Å². The Balaban J connectivity index is 2.33. The number of ether oxygens (including phenoxy) is 1. The van der Waals surface area contributed by atoms with E-state index in [1.54, 1.807) is 7.11 Å². The third-order valence-corrected chi connectivity index (χ3v) is 3.81. The second kappa shape index (κ2) is 5.27. The first kappa shape index (κ1) is 11.4. The second-order valence-electron chi connectivity index (χ2n) is 3.90. The van der Waals surface area contributed by atoms with Crippen molar-refractivity contribution in [3.63, 3.8) is 0 Å². The maximum absolute atomic E-state index is 5.21. The summed E-state index contributed by atoms with van der Waals surface area (Å²) in [5.41, 5.74) is 4.32. The van der Waals surface area contributed by atoms with E-state index in [0.29, 0.717) is 0 Å². The van der Waals surface area contributed by atoms with Crippen LogP contribution in [-0.4, -0.2) is 20.2 Å². The highest BCUT2D eigenvalue weighted by Crippen LogP contribution is 2.21. The number of benzene rings is 1. The molecular weight excluding hydrogens is 301 g/mol. The number of halogens is 1. The van der Waals surface area contributed by atoms with Gasteiger partial charge < -0.3 is 10.1 Å². The fourth-order valence-electron chi connectivity index (χ4n) is 2.01. The molecule has 82 valence electrons. The number of fused-ring (bicyclic) bond motifs is 1. The zero-order chi connectivity index (χ0) is 10.7. The van der Waals surface area contributed by atoms with Gasteiger partial charge in [0.05, 0.1) is 6.61 Å². The van der Waals surface area contributed by atoms with Gasteiger partial charge in [0.2, 0.25) is 0 Å². The first-order chi connectivity index (χ1) is 7.31. The van der Waals surface area contributed by atoms with Gasteiger partial charge in [0.25, 0.3) is 0 Å². The number of nitrogens with one attached hydrogen (secondary N) is 1. The van der Waals surface area contributed by atoms with Crippen LogP contribution >= 0.6 is 22.6 Å². The minimum Gasteiger partial charge on any atom is -0.380 e. The predicted octanol–water partition coefficient (Wildman–Crippen LogP) is 2.13. The molecule has 0 saturated carbocycles. The molecule has 1 heterocycles. The summed E-state index contributed by atoms with van der Waals surface area (Å²) in [6, 6.07) is 4.63. The van der Waals surface area contributed by atoms with Crippen molar-refractivity contribution in [2.75, 3.05) is 20.2 Å². The van der Waals surface area contributed by atoms with Gasteiger partial charge in [-0.1, -0.05) is 6.07 Å². The molecule has 0 atom stereocenters. The van der Waals surface area contributed by atoms with Gasteiger partial charge in [0.15, 0.2) is 0 Å². The third-order valence-electron chi connectivity index (χ3n) is 2.81. The van der Waals surface area contributed by atoms with Gasteiger partial charge >= 0.3 is 0 Å². The van der Waals surface area contributed by atoms with E-state index in [9.17, 15) is 0 Å². The van der Waals surface area contributed by atoms with Gasteiger partial charge in [-0.05, 0) is 71.3 Å². The molecule has 1 N–H and O–H groups in total. The van der Waals surface area contributed by atoms with E-state index in [4.69, 9.17) is 4.74 Å². The van der Waals surface area contributed by atoms with Gasteiger partial charge in [0.1, 0.15) is 0 Å². The molecule has 0 radical (unpaired) electrons. The van der Waals surface area contributed by atoms with Crippen molar-refractivity contribution < 1.29 is 4.74 Å². The van der Waals surface area contributed by atoms with Gasteiger partial charge in [-0.3, -0.25) is 0 Å². The van der Waals surface area contributed by atoms with Gasteiger partial charge in [0, 0.05) is 10.7 Å².